The zero-order valence-electron chi connectivity index (χ0n) is 15.3. The molecule has 1 N–H and O–H groups in total. The molecular weight excluding hydrogens is 356 g/mol. The summed E-state index contributed by atoms with van der Waals surface area (Å²) in [7, 11) is -1.15. The Bertz CT molecular complexity index is 1050. The molecular formula is C22H22N2O2S. The van der Waals surface area contributed by atoms with Crippen LogP contribution in [0, 0.1) is 6.92 Å². The van der Waals surface area contributed by atoms with Gasteiger partial charge in [-0.3, -0.25) is 9.00 Å². The van der Waals surface area contributed by atoms with E-state index in [1.54, 1.807) is 0 Å². The van der Waals surface area contributed by atoms with Gasteiger partial charge in [-0.05, 0) is 43.5 Å². The predicted octanol–water partition coefficient (Wildman–Crippen LogP) is 3.87. The zero-order chi connectivity index (χ0) is 18.5. The van der Waals surface area contributed by atoms with Gasteiger partial charge in [0.05, 0.1) is 22.1 Å². The van der Waals surface area contributed by atoms with Crippen LogP contribution in [0.4, 0.5) is 0 Å². The third kappa shape index (κ3) is 2.64. The SMILES string of the molecule is Cc1ccc(S(=O)[C@H]2CCC(=O)N3CCc4c([nH]c5ccccc45)[C@H]23)cc1. The summed E-state index contributed by atoms with van der Waals surface area (Å²) in [6.45, 7) is 2.74. The Morgan fingerprint density at radius 2 is 1.85 bits per heavy atom. The van der Waals surface area contributed by atoms with E-state index in [9.17, 15) is 9.00 Å². The number of H-pyrrole nitrogens is 1. The second-order valence-corrected chi connectivity index (χ2v) is 9.20. The molecule has 1 unspecified atom stereocenters. The molecule has 3 heterocycles. The number of fused-ring (bicyclic) bond motifs is 5. The number of piperidine rings is 1. The van der Waals surface area contributed by atoms with Crippen molar-refractivity contribution in [1.82, 2.24) is 9.88 Å². The quantitative estimate of drug-likeness (QED) is 0.736. The highest BCUT2D eigenvalue weighted by atomic mass is 32.2. The van der Waals surface area contributed by atoms with Crippen LogP contribution in [0.25, 0.3) is 10.9 Å². The van der Waals surface area contributed by atoms with Crippen molar-refractivity contribution in [2.24, 2.45) is 0 Å². The predicted molar refractivity (Wildman–Crippen MR) is 107 cm³/mol. The smallest absolute Gasteiger partial charge is 0.223 e. The van der Waals surface area contributed by atoms with Crippen molar-refractivity contribution in [3.63, 3.8) is 0 Å². The first-order valence-corrected chi connectivity index (χ1v) is 10.7. The number of amides is 1. The van der Waals surface area contributed by atoms with E-state index in [0.29, 0.717) is 19.4 Å². The van der Waals surface area contributed by atoms with Gasteiger partial charge >= 0.3 is 0 Å². The van der Waals surface area contributed by atoms with Gasteiger partial charge in [0.2, 0.25) is 5.91 Å². The van der Waals surface area contributed by atoms with E-state index in [2.05, 4.69) is 23.2 Å². The highest BCUT2D eigenvalue weighted by molar-refractivity contribution is 7.85. The normalized spacial score (nSPS) is 23.1. The lowest BCUT2D eigenvalue weighted by atomic mass is 9.90. The first kappa shape index (κ1) is 16.8. The number of hydrogen-bond acceptors (Lipinski definition) is 2. The molecule has 1 saturated heterocycles. The first-order valence-electron chi connectivity index (χ1n) is 9.49. The molecule has 4 nitrogen and oxygen atoms in total. The van der Waals surface area contributed by atoms with Gasteiger partial charge < -0.3 is 9.88 Å². The molecule has 2 aliphatic rings. The minimum absolute atomic E-state index is 0.0856. The minimum atomic E-state index is -1.15. The Balaban J connectivity index is 1.61. The average Bonchev–Trinajstić information content (AvgIpc) is 3.07. The number of aryl methyl sites for hydroxylation is 1. The van der Waals surface area contributed by atoms with E-state index >= 15 is 0 Å². The molecule has 1 amide bonds. The number of nitrogens with one attached hydrogen (secondary N) is 1. The number of aromatic nitrogens is 1. The third-order valence-electron chi connectivity index (χ3n) is 5.92. The molecule has 138 valence electrons. The number of carbonyl (C=O) groups excluding carboxylic acids is 1. The van der Waals surface area contributed by atoms with Gasteiger partial charge in [0.25, 0.3) is 0 Å². The molecule has 5 rings (SSSR count). The molecule has 2 aliphatic heterocycles. The Labute approximate surface area is 161 Å². The lowest BCUT2D eigenvalue weighted by molar-refractivity contribution is -0.136. The topological polar surface area (TPSA) is 53.2 Å². The van der Waals surface area contributed by atoms with Gasteiger partial charge in [0, 0.05) is 34.5 Å². The van der Waals surface area contributed by atoms with Crippen molar-refractivity contribution >= 4 is 27.6 Å². The maximum absolute atomic E-state index is 13.5. The Kier molecular flexibility index (Phi) is 3.93. The van der Waals surface area contributed by atoms with Gasteiger partial charge in [-0.15, -0.1) is 0 Å². The molecule has 0 saturated carbocycles. The van der Waals surface area contributed by atoms with E-state index < -0.39 is 10.8 Å². The number of rotatable bonds is 2. The number of aromatic amines is 1. The second-order valence-electron chi connectivity index (χ2n) is 7.53. The maximum Gasteiger partial charge on any atom is 0.223 e. The van der Waals surface area contributed by atoms with Crippen LogP contribution in [0.5, 0.6) is 0 Å². The summed E-state index contributed by atoms with van der Waals surface area (Å²) in [5.41, 5.74) is 4.63. The number of para-hydroxylation sites is 1. The summed E-state index contributed by atoms with van der Waals surface area (Å²) in [6.07, 6.45) is 2.00. The van der Waals surface area contributed by atoms with Gasteiger partial charge in [-0.2, -0.15) is 0 Å². The molecule has 3 atom stereocenters. The summed E-state index contributed by atoms with van der Waals surface area (Å²) in [6, 6.07) is 16.1. The monoisotopic (exact) mass is 378 g/mol. The molecule has 1 fully saturated rings. The Hall–Kier alpha value is -2.40. The van der Waals surface area contributed by atoms with Crippen molar-refractivity contribution in [3.05, 3.63) is 65.4 Å². The zero-order valence-corrected chi connectivity index (χ0v) is 16.1. The van der Waals surface area contributed by atoms with Crippen LogP contribution >= 0.6 is 0 Å². The summed E-state index contributed by atoms with van der Waals surface area (Å²) in [4.78, 5) is 19.0. The van der Waals surface area contributed by atoms with E-state index in [1.807, 2.05) is 42.2 Å². The van der Waals surface area contributed by atoms with Crippen molar-refractivity contribution in [2.75, 3.05) is 6.54 Å². The molecule has 0 radical (unpaired) electrons. The average molecular weight is 378 g/mol. The fourth-order valence-corrected chi connectivity index (χ4v) is 6.18. The highest BCUT2D eigenvalue weighted by Crippen LogP contribution is 2.42. The van der Waals surface area contributed by atoms with Crippen LogP contribution in [-0.4, -0.2) is 31.8 Å². The van der Waals surface area contributed by atoms with Crippen LogP contribution in [0.1, 0.15) is 35.7 Å². The Morgan fingerprint density at radius 3 is 2.67 bits per heavy atom. The van der Waals surface area contributed by atoms with E-state index in [-0.39, 0.29) is 17.2 Å². The van der Waals surface area contributed by atoms with Crippen molar-refractivity contribution in [2.45, 2.75) is 42.4 Å². The highest BCUT2D eigenvalue weighted by Gasteiger charge is 2.44. The third-order valence-corrected chi connectivity index (χ3v) is 7.70. The molecule has 3 aromatic rings. The summed E-state index contributed by atoms with van der Waals surface area (Å²) < 4.78 is 13.5. The van der Waals surface area contributed by atoms with Crippen molar-refractivity contribution in [3.8, 4) is 0 Å². The van der Waals surface area contributed by atoms with Gasteiger partial charge in [0.15, 0.2) is 0 Å². The van der Waals surface area contributed by atoms with E-state index in [4.69, 9.17) is 0 Å². The standard InChI is InChI=1S/C22H22N2O2S/c1-14-6-8-15(9-7-14)27(26)19-10-11-20(25)24-13-12-17-16-4-2-3-5-18(16)23-21(17)22(19)24/h2-9,19,22-23H,10-13H2,1H3/t19-,22-,27?/m0/s1. The lowest BCUT2D eigenvalue weighted by Crippen LogP contribution is -2.50. The van der Waals surface area contributed by atoms with Crippen molar-refractivity contribution < 1.29 is 9.00 Å². The van der Waals surface area contributed by atoms with E-state index in [0.717, 1.165) is 28.1 Å². The van der Waals surface area contributed by atoms with Crippen molar-refractivity contribution in [1.29, 1.82) is 0 Å². The summed E-state index contributed by atoms with van der Waals surface area (Å²) >= 11 is 0. The lowest BCUT2D eigenvalue weighted by Gasteiger charge is -2.43. The van der Waals surface area contributed by atoms with Gasteiger partial charge in [0.1, 0.15) is 0 Å². The van der Waals surface area contributed by atoms with Crippen LogP contribution in [-0.2, 0) is 22.0 Å². The fraction of sp³-hybridized carbons (Fsp3) is 0.318. The van der Waals surface area contributed by atoms with Crippen LogP contribution in [0.15, 0.2) is 53.4 Å². The first-order chi connectivity index (χ1) is 13.1. The second kappa shape index (κ2) is 6.34. The molecule has 1 aromatic heterocycles. The number of hydrogen-bond donors (Lipinski definition) is 1. The molecule has 0 spiro atoms. The minimum Gasteiger partial charge on any atom is -0.356 e. The molecule has 27 heavy (non-hydrogen) atoms. The number of nitrogens with zero attached hydrogens (tertiary/aromatic N) is 1. The molecule has 5 heteroatoms. The maximum atomic E-state index is 13.5. The number of carbonyl (C=O) groups is 1. The summed E-state index contributed by atoms with van der Waals surface area (Å²) in [5, 5.41) is 1.14. The van der Waals surface area contributed by atoms with Crippen LogP contribution in [0.3, 0.4) is 0 Å². The van der Waals surface area contributed by atoms with Gasteiger partial charge in [-0.1, -0.05) is 35.9 Å². The summed E-state index contributed by atoms with van der Waals surface area (Å²) in [5.74, 6) is 0.182. The number of benzene rings is 2. The molecule has 0 aliphatic carbocycles. The Morgan fingerprint density at radius 1 is 1.07 bits per heavy atom. The fourth-order valence-electron chi connectivity index (χ4n) is 4.57. The van der Waals surface area contributed by atoms with Crippen LogP contribution < -0.4 is 0 Å². The molecule has 2 aromatic carbocycles. The molecule has 0 bridgehead atoms. The largest absolute Gasteiger partial charge is 0.356 e. The van der Waals surface area contributed by atoms with Crippen LogP contribution in [0.2, 0.25) is 0 Å². The van der Waals surface area contributed by atoms with Gasteiger partial charge in [-0.25, -0.2) is 0 Å². The van der Waals surface area contributed by atoms with E-state index in [1.165, 1.54) is 10.9 Å².